The van der Waals surface area contributed by atoms with Crippen LogP contribution in [0.25, 0.3) is 27.5 Å². The maximum Gasteiger partial charge on any atom is 0.332 e. The lowest BCUT2D eigenvalue weighted by Gasteiger charge is -2.09. The van der Waals surface area contributed by atoms with Gasteiger partial charge in [0.15, 0.2) is 11.5 Å². The Kier molecular flexibility index (Phi) is 5.88. The number of furan rings is 1. The minimum atomic E-state index is -1.07. The Morgan fingerprint density at radius 1 is 0.914 bits per heavy atom. The van der Waals surface area contributed by atoms with Gasteiger partial charge in [-0.3, -0.25) is 9.00 Å². The first kappa shape index (κ1) is 22.5. The molecule has 0 spiro atoms. The monoisotopic (exact) mass is 484 g/mol. The summed E-state index contributed by atoms with van der Waals surface area (Å²) in [5, 5.41) is 5.60. The Hall–Kier alpha value is -4.30. The van der Waals surface area contributed by atoms with Crippen molar-refractivity contribution in [2.45, 2.75) is 11.8 Å². The largest absolute Gasteiger partial charge is 0.462 e. The number of hydrogen-bond donors (Lipinski definition) is 0. The number of benzene rings is 3. The van der Waals surface area contributed by atoms with E-state index >= 15 is 0 Å². The number of ketones is 1. The number of carbonyl (C=O) groups excluding carboxylic acids is 2. The van der Waals surface area contributed by atoms with Gasteiger partial charge in [-0.05, 0) is 60.7 Å². The van der Waals surface area contributed by atoms with Crippen LogP contribution in [-0.4, -0.2) is 32.5 Å². The van der Waals surface area contributed by atoms with E-state index in [1.165, 1.54) is 13.2 Å². The zero-order valence-corrected chi connectivity index (χ0v) is 19.7. The standard InChI is InChI=1S/C27H20N2O5S/c1-17(30)34-28-26(25-8-5-15-33-25)27(31)18-9-14-24-22(16-18)21-6-3-4-7-23(21)29(24)19-10-12-20(13-11-19)35(2)32/h3-16H,1-2H3. The van der Waals surface area contributed by atoms with Gasteiger partial charge in [-0.25, -0.2) is 4.79 Å². The van der Waals surface area contributed by atoms with E-state index in [9.17, 15) is 13.8 Å². The van der Waals surface area contributed by atoms with Crippen molar-refractivity contribution >= 4 is 50.1 Å². The maximum atomic E-state index is 13.4. The number of oxime groups is 1. The summed E-state index contributed by atoms with van der Waals surface area (Å²) in [6.07, 6.45) is 3.07. The Morgan fingerprint density at radius 2 is 1.66 bits per heavy atom. The highest BCUT2D eigenvalue weighted by atomic mass is 32.2. The van der Waals surface area contributed by atoms with Crippen LogP contribution >= 0.6 is 0 Å². The van der Waals surface area contributed by atoms with Crippen LogP contribution in [0.4, 0.5) is 0 Å². The predicted octanol–water partition coefficient (Wildman–Crippen LogP) is 5.26. The summed E-state index contributed by atoms with van der Waals surface area (Å²) in [4.78, 5) is 30.2. The number of rotatable bonds is 6. The molecular formula is C27H20N2O5S. The molecule has 3 aromatic carbocycles. The second-order valence-corrected chi connectivity index (χ2v) is 9.24. The van der Waals surface area contributed by atoms with Crippen LogP contribution in [0, 0.1) is 0 Å². The molecule has 0 saturated carbocycles. The Labute approximate surface area is 203 Å². The zero-order chi connectivity index (χ0) is 24.5. The normalized spacial score (nSPS) is 12.7. The molecular weight excluding hydrogens is 464 g/mol. The van der Waals surface area contributed by atoms with E-state index < -0.39 is 22.6 Å². The smallest absolute Gasteiger partial charge is 0.332 e. The van der Waals surface area contributed by atoms with Crippen molar-refractivity contribution < 1.29 is 23.1 Å². The first-order valence-corrected chi connectivity index (χ1v) is 12.3. The molecule has 0 amide bonds. The summed E-state index contributed by atoms with van der Waals surface area (Å²) in [7, 11) is -1.07. The quantitative estimate of drug-likeness (QED) is 0.142. The highest BCUT2D eigenvalue weighted by Crippen LogP contribution is 2.33. The molecule has 0 fully saturated rings. The number of hydrogen-bond acceptors (Lipinski definition) is 6. The van der Waals surface area contributed by atoms with Gasteiger partial charge < -0.3 is 13.8 Å². The average molecular weight is 485 g/mol. The molecule has 2 aromatic heterocycles. The molecule has 35 heavy (non-hydrogen) atoms. The van der Waals surface area contributed by atoms with E-state index in [0.717, 1.165) is 32.4 Å². The molecule has 174 valence electrons. The van der Waals surface area contributed by atoms with E-state index in [-0.39, 0.29) is 11.5 Å². The van der Waals surface area contributed by atoms with Crippen LogP contribution in [0.5, 0.6) is 0 Å². The number of nitrogens with zero attached hydrogens (tertiary/aromatic N) is 2. The zero-order valence-electron chi connectivity index (χ0n) is 18.9. The van der Waals surface area contributed by atoms with E-state index in [2.05, 4.69) is 9.72 Å². The molecule has 0 aliphatic rings. The summed E-state index contributed by atoms with van der Waals surface area (Å²) >= 11 is 0. The second-order valence-electron chi connectivity index (χ2n) is 7.86. The summed E-state index contributed by atoms with van der Waals surface area (Å²) in [5.74, 6) is -0.875. The molecule has 5 aromatic rings. The van der Waals surface area contributed by atoms with Crippen LogP contribution in [0.3, 0.4) is 0 Å². The van der Waals surface area contributed by atoms with Crippen molar-refractivity contribution in [1.29, 1.82) is 0 Å². The lowest BCUT2D eigenvalue weighted by molar-refractivity contribution is -0.140. The summed E-state index contributed by atoms with van der Waals surface area (Å²) < 4.78 is 19.3. The van der Waals surface area contributed by atoms with E-state index in [1.54, 1.807) is 30.5 Å². The molecule has 1 atom stereocenters. The molecule has 0 aliphatic carbocycles. The fraction of sp³-hybridized carbons (Fsp3) is 0.0741. The Balaban J connectivity index is 1.66. The number of Topliss-reactive ketones (excluding diaryl/α,β-unsaturated/α-hetero) is 1. The Morgan fingerprint density at radius 3 is 2.34 bits per heavy atom. The maximum absolute atomic E-state index is 13.4. The van der Waals surface area contributed by atoms with Crippen LogP contribution in [-0.2, 0) is 20.4 Å². The minimum Gasteiger partial charge on any atom is -0.462 e. The van der Waals surface area contributed by atoms with Crippen molar-refractivity contribution in [1.82, 2.24) is 4.57 Å². The van der Waals surface area contributed by atoms with Crippen molar-refractivity contribution in [3.8, 4) is 5.69 Å². The van der Waals surface area contributed by atoms with Crippen molar-refractivity contribution in [3.05, 3.63) is 96.4 Å². The molecule has 0 N–H and O–H groups in total. The SMILES string of the molecule is CC(=O)ON=C(C(=O)c1ccc2c(c1)c1ccccc1n2-c1ccc(S(C)=O)cc1)c1ccco1. The van der Waals surface area contributed by atoms with Gasteiger partial charge in [-0.15, -0.1) is 0 Å². The van der Waals surface area contributed by atoms with Crippen LogP contribution in [0.1, 0.15) is 23.0 Å². The lowest BCUT2D eigenvalue weighted by Crippen LogP contribution is -2.16. The van der Waals surface area contributed by atoms with E-state index in [0.29, 0.717) is 5.56 Å². The molecule has 0 aliphatic heterocycles. The predicted molar refractivity (Wildman–Crippen MR) is 134 cm³/mol. The lowest BCUT2D eigenvalue weighted by atomic mass is 10.0. The number of aromatic nitrogens is 1. The molecule has 7 nitrogen and oxygen atoms in total. The average Bonchev–Trinajstić information content (AvgIpc) is 3.50. The first-order valence-electron chi connectivity index (χ1n) is 10.8. The molecule has 0 saturated heterocycles. The number of carbonyl (C=O) groups is 2. The van der Waals surface area contributed by atoms with Gasteiger partial charge >= 0.3 is 5.97 Å². The van der Waals surface area contributed by atoms with Gasteiger partial charge in [0.1, 0.15) is 0 Å². The van der Waals surface area contributed by atoms with Gasteiger partial charge in [-0.2, -0.15) is 0 Å². The first-order chi connectivity index (χ1) is 16.9. The van der Waals surface area contributed by atoms with Crippen molar-refractivity contribution in [2.75, 3.05) is 6.26 Å². The third-order valence-corrected chi connectivity index (χ3v) is 6.53. The highest BCUT2D eigenvalue weighted by molar-refractivity contribution is 7.84. The van der Waals surface area contributed by atoms with Gasteiger partial charge in [-0.1, -0.05) is 23.4 Å². The Bertz CT molecular complexity index is 1630. The van der Waals surface area contributed by atoms with Gasteiger partial charge in [0, 0.05) is 50.9 Å². The second kappa shape index (κ2) is 9.15. The van der Waals surface area contributed by atoms with Gasteiger partial charge in [0.2, 0.25) is 5.78 Å². The molecule has 2 heterocycles. The molecule has 5 rings (SSSR count). The summed E-state index contributed by atoms with van der Waals surface area (Å²) in [6.45, 7) is 1.21. The molecule has 0 bridgehead atoms. The van der Waals surface area contributed by atoms with Gasteiger partial charge in [0.25, 0.3) is 0 Å². The number of fused-ring (bicyclic) bond motifs is 3. The molecule has 0 radical (unpaired) electrons. The van der Waals surface area contributed by atoms with Crippen LogP contribution < -0.4 is 0 Å². The highest BCUT2D eigenvalue weighted by Gasteiger charge is 2.22. The fourth-order valence-corrected chi connectivity index (χ4v) is 4.56. The van der Waals surface area contributed by atoms with Crippen molar-refractivity contribution in [2.24, 2.45) is 5.16 Å². The minimum absolute atomic E-state index is 0.101. The van der Waals surface area contributed by atoms with Gasteiger partial charge in [0.05, 0.1) is 17.3 Å². The summed E-state index contributed by atoms with van der Waals surface area (Å²) in [6, 6.07) is 24.1. The van der Waals surface area contributed by atoms with Crippen LogP contribution in [0.15, 0.2) is 99.6 Å². The number of para-hydroxylation sites is 1. The third-order valence-electron chi connectivity index (χ3n) is 5.60. The van der Waals surface area contributed by atoms with Crippen LogP contribution in [0.2, 0.25) is 0 Å². The molecule has 8 heteroatoms. The van der Waals surface area contributed by atoms with E-state index in [4.69, 9.17) is 9.25 Å². The van der Waals surface area contributed by atoms with E-state index in [1.807, 2.05) is 54.6 Å². The third kappa shape index (κ3) is 4.20. The molecule has 1 unspecified atom stereocenters. The van der Waals surface area contributed by atoms with Crippen molar-refractivity contribution in [3.63, 3.8) is 0 Å². The topological polar surface area (TPSA) is 90.9 Å². The summed E-state index contributed by atoms with van der Waals surface area (Å²) in [5.41, 5.74) is 3.06. The fourth-order valence-electron chi connectivity index (χ4n) is 4.04.